The van der Waals surface area contributed by atoms with E-state index in [-0.39, 0.29) is 11.9 Å². The van der Waals surface area contributed by atoms with Gasteiger partial charge in [-0.15, -0.1) is 0 Å². The summed E-state index contributed by atoms with van der Waals surface area (Å²) in [7, 11) is 3.71. The summed E-state index contributed by atoms with van der Waals surface area (Å²) in [5.74, 6) is 0.172. The normalized spacial score (nSPS) is 12.2. The third-order valence-corrected chi connectivity index (χ3v) is 3.34. The van der Waals surface area contributed by atoms with Crippen molar-refractivity contribution in [1.82, 2.24) is 10.2 Å². The van der Waals surface area contributed by atoms with Gasteiger partial charge in [-0.2, -0.15) is 0 Å². The molecular weight excluding hydrogens is 248 g/mol. The van der Waals surface area contributed by atoms with Crippen LogP contribution in [0, 0.1) is 0 Å². The van der Waals surface area contributed by atoms with Crippen LogP contribution in [0.3, 0.4) is 0 Å². The highest BCUT2D eigenvalue weighted by molar-refractivity contribution is 6.30. The van der Waals surface area contributed by atoms with Crippen LogP contribution in [0.25, 0.3) is 0 Å². The van der Waals surface area contributed by atoms with E-state index >= 15 is 0 Å². The molecule has 0 aliphatic carbocycles. The van der Waals surface area contributed by atoms with E-state index in [2.05, 4.69) is 12.2 Å². The Labute approximate surface area is 114 Å². The molecule has 0 saturated heterocycles. The van der Waals surface area contributed by atoms with Crippen molar-refractivity contribution in [1.29, 1.82) is 0 Å². The molecule has 3 nitrogen and oxygen atoms in total. The number of likely N-dealkylation sites (N-methyl/N-ethyl adjacent to an activating group) is 1. The number of nitrogens with one attached hydrogen (secondary N) is 1. The summed E-state index contributed by atoms with van der Waals surface area (Å²) in [5.41, 5.74) is 1.19. The minimum atomic E-state index is 0.172. The van der Waals surface area contributed by atoms with Crippen LogP contribution in [0.15, 0.2) is 24.3 Å². The molecule has 0 aliphatic heterocycles. The van der Waals surface area contributed by atoms with Gasteiger partial charge in [0.2, 0.25) is 5.91 Å². The van der Waals surface area contributed by atoms with Gasteiger partial charge in [0.25, 0.3) is 0 Å². The van der Waals surface area contributed by atoms with E-state index < -0.39 is 0 Å². The fraction of sp³-hybridized carbons (Fsp3) is 0.500. The standard InChI is InChI=1S/C14H21ClN2O/c1-11(17(3)14(18)8-9-16-2)10-12-4-6-13(15)7-5-12/h4-7,11,16H,8-10H2,1-3H3. The van der Waals surface area contributed by atoms with Gasteiger partial charge in [0.05, 0.1) is 0 Å². The maximum atomic E-state index is 11.9. The van der Waals surface area contributed by atoms with E-state index in [4.69, 9.17) is 11.6 Å². The number of halogens is 1. The molecule has 1 atom stereocenters. The maximum Gasteiger partial charge on any atom is 0.223 e. The number of carbonyl (C=O) groups excluding carboxylic acids is 1. The van der Waals surface area contributed by atoms with Crippen LogP contribution >= 0.6 is 11.6 Å². The molecule has 100 valence electrons. The Morgan fingerprint density at radius 2 is 2.00 bits per heavy atom. The summed E-state index contributed by atoms with van der Waals surface area (Å²) in [6.07, 6.45) is 1.39. The second kappa shape index (κ2) is 7.39. The molecule has 1 rings (SSSR count). The fourth-order valence-electron chi connectivity index (χ4n) is 1.75. The molecular formula is C14H21ClN2O. The molecule has 1 amide bonds. The molecule has 18 heavy (non-hydrogen) atoms. The number of nitrogens with zero attached hydrogens (tertiary/aromatic N) is 1. The summed E-state index contributed by atoms with van der Waals surface area (Å²) < 4.78 is 0. The van der Waals surface area contributed by atoms with Crippen molar-refractivity contribution in [3.63, 3.8) is 0 Å². The van der Waals surface area contributed by atoms with E-state index in [1.54, 1.807) is 0 Å². The number of amides is 1. The molecule has 0 radical (unpaired) electrons. The van der Waals surface area contributed by atoms with Gasteiger partial charge < -0.3 is 10.2 Å². The largest absolute Gasteiger partial charge is 0.343 e. The highest BCUT2D eigenvalue weighted by Crippen LogP contribution is 2.13. The van der Waals surface area contributed by atoms with E-state index in [0.29, 0.717) is 6.42 Å². The van der Waals surface area contributed by atoms with Crippen LogP contribution in [0.5, 0.6) is 0 Å². The quantitative estimate of drug-likeness (QED) is 0.859. The van der Waals surface area contributed by atoms with Gasteiger partial charge >= 0.3 is 0 Å². The Bertz CT molecular complexity index is 378. The lowest BCUT2D eigenvalue weighted by molar-refractivity contribution is -0.131. The maximum absolute atomic E-state index is 11.9. The van der Waals surface area contributed by atoms with Gasteiger partial charge in [-0.3, -0.25) is 4.79 Å². The van der Waals surface area contributed by atoms with Crippen LogP contribution in [-0.4, -0.2) is 37.5 Å². The van der Waals surface area contributed by atoms with Gasteiger partial charge in [0.15, 0.2) is 0 Å². The minimum absolute atomic E-state index is 0.172. The molecule has 0 aromatic heterocycles. The SMILES string of the molecule is CNCCC(=O)N(C)C(C)Cc1ccc(Cl)cc1. The number of hydrogen-bond acceptors (Lipinski definition) is 2. The van der Waals surface area contributed by atoms with Crippen molar-refractivity contribution < 1.29 is 4.79 Å². The molecule has 1 unspecified atom stereocenters. The van der Waals surface area contributed by atoms with Crippen LogP contribution in [0.2, 0.25) is 5.02 Å². The summed E-state index contributed by atoms with van der Waals surface area (Å²) >= 11 is 5.85. The lowest BCUT2D eigenvalue weighted by Gasteiger charge is -2.25. The Hall–Kier alpha value is -1.06. The summed E-state index contributed by atoms with van der Waals surface area (Å²) in [5, 5.41) is 3.73. The molecule has 0 saturated carbocycles. The van der Waals surface area contributed by atoms with Crippen LogP contribution in [0.1, 0.15) is 18.9 Å². The van der Waals surface area contributed by atoms with Gasteiger partial charge in [0, 0.05) is 31.1 Å². The molecule has 0 fully saturated rings. The van der Waals surface area contributed by atoms with Crippen LogP contribution in [0.4, 0.5) is 0 Å². The van der Waals surface area contributed by atoms with Gasteiger partial charge in [0.1, 0.15) is 0 Å². The summed E-state index contributed by atoms with van der Waals surface area (Å²) in [6.45, 7) is 2.78. The van der Waals surface area contributed by atoms with Crippen molar-refractivity contribution in [2.24, 2.45) is 0 Å². The lowest BCUT2D eigenvalue weighted by atomic mass is 10.1. The molecule has 0 heterocycles. The average molecular weight is 269 g/mol. The molecule has 0 spiro atoms. The smallest absolute Gasteiger partial charge is 0.223 e. The predicted molar refractivity (Wildman–Crippen MR) is 75.9 cm³/mol. The fourth-order valence-corrected chi connectivity index (χ4v) is 1.88. The molecule has 1 aromatic carbocycles. The molecule has 0 aliphatic rings. The van der Waals surface area contributed by atoms with Crippen molar-refractivity contribution in [2.75, 3.05) is 20.6 Å². The number of hydrogen-bond donors (Lipinski definition) is 1. The van der Waals surface area contributed by atoms with Gasteiger partial charge in [-0.1, -0.05) is 23.7 Å². The Kier molecular flexibility index (Phi) is 6.16. The van der Waals surface area contributed by atoms with Crippen molar-refractivity contribution in [2.45, 2.75) is 25.8 Å². The Balaban J connectivity index is 2.51. The van der Waals surface area contributed by atoms with Crippen LogP contribution < -0.4 is 5.32 Å². The first-order valence-corrected chi connectivity index (χ1v) is 6.57. The van der Waals surface area contributed by atoms with E-state index in [1.807, 2.05) is 43.3 Å². The first-order chi connectivity index (χ1) is 8.54. The van der Waals surface area contributed by atoms with Gasteiger partial charge in [-0.25, -0.2) is 0 Å². The van der Waals surface area contributed by atoms with Crippen molar-refractivity contribution in [3.8, 4) is 0 Å². The molecule has 1 N–H and O–H groups in total. The first-order valence-electron chi connectivity index (χ1n) is 6.19. The zero-order valence-electron chi connectivity index (χ0n) is 11.2. The Morgan fingerprint density at radius 3 is 2.56 bits per heavy atom. The zero-order chi connectivity index (χ0) is 13.5. The second-order valence-corrected chi connectivity index (χ2v) is 4.97. The number of rotatable bonds is 6. The average Bonchev–Trinajstić information content (AvgIpc) is 2.37. The summed E-state index contributed by atoms with van der Waals surface area (Å²) in [6, 6.07) is 7.96. The predicted octanol–water partition coefficient (Wildman–Crippen LogP) is 2.34. The Morgan fingerprint density at radius 1 is 1.39 bits per heavy atom. The van der Waals surface area contributed by atoms with E-state index in [9.17, 15) is 4.79 Å². The van der Waals surface area contributed by atoms with Crippen LogP contribution in [-0.2, 0) is 11.2 Å². The minimum Gasteiger partial charge on any atom is -0.343 e. The van der Waals surface area contributed by atoms with E-state index in [0.717, 1.165) is 18.0 Å². The monoisotopic (exact) mass is 268 g/mol. The highest BCUT2D eigenvalue weighted by Gasteiger charge is 2.15. The molecule has 0 bridgehead atoms. The van der Waals surface area contributed by atoms with E-state index in [1.165, 1.54) is 5.56 Å². The third kappa shape index (κ3) is 4.67. The van der Waals surface area contributed by atoms with Gasteiger partial charge in [-0.05, 0) is 38.1 Å². The van der Waals surface area contributed by atoms with Crippen molar-refractivity contribution >= 4 is 17.5 Å². The second-order valence-electron chi connectivity index (χ2n) is 4.54. The topological polar surface area (TPSA) is 32.3 Å². The molecule has 4 heteroatoms. The number of benzene rings is 1. The van der Waals surface area contributed by atoms with Crippen molar-refractivity contribution in [3.05, 3.63) is 34.9 Å². The lowest BCUT2D eigenvalue weighted by Crippen LogP contribution is -2.37. The first kappa shape index (κ1) is 15.0. The highest BCUT2D eigenvalue weighted by atomic mass is 35.5. The third-order valence-electron chi connectivity index (χ3n) is 3.09. The molecule has 1 aromatic rings. The number of carbonyl (C=O) groups is 1. The summed E-state index contributed by atoms with van der Waals surface area (Å²) in [4.78, 5) is 13.7. The zero-order valence-corrected chi connectivity index (χ0v) is 12.0.